The van der Waals surface area contributed by atoms with Gasteiger partial charge in [-0.15, -0.1) is 0 Å². The van der Waals surface area contributed by atoms with Crippen LogP contribution in [0, 0.1) is 0 Å². The van der Waals surface area contributed by atoms with Crippen molar-refractivity contribution in [2.45, 2.75) is 6.18 Å². The molecule has 1 aromatic heterocycles. The SMILES string of the molecule is CNN=Cc1ccc(C(F)(F)F)cn1. The monoisotopic (exact) mass is 203 g/mol. The van der Waals surface area contributed by atoms with Crippen LogP contribution in [-0.2, 0) is 6.18 Å². The number of rotatable bonds is 2. The van der Waals surface area contributed by atoms with Crippen molar-refractivity contribution in [1.29, 1.82) is 0 Å². The number of hydrogen-bond donors (Lipinski definition) is 1. The van der Waals surface area contributed by atoms with E-state index in [1.165, 1.54) is 12.3 Å². The van der Waals surface area contributed by atoms with Crippen LogP contribution in [-0.4, -0.2) is 18.2 Å². The fraction of sp³-hybridized carbons (Fsp3) is 0.250. The van der Waals surface area contributed by atoms with Crippen molar-refractivity contribution in [1.82, 2.24) is 10.4 Å². The molecule has 0 saturated heterocycles. The Hall–Kier alpha value is -1.59. The van der Waals surface area contributed by atoms with Crippen LogP contribution in [0.2, 0.25) is 0 Å². The van der Waals surface area contributed by atoms with Crippen molar-refractivity contribution in [3.05, 3.63) is 29.6 Å². The first-order valence-corrected chi connectivity index (χ1v) is 3.77. The summed E-state index contributed by atoms with van der Waals surface area (Å²) in [6.45, 7) is 0. The molecule has 0 bridgehead atoms. The molecule has 14 heavy (non-hydrogen) atoms. The van der Waals surface area contributed by atoms with Gasteiger partial charge < -0.3 is 5.43 Å². The lowest BCUT2D eigenvalue weighted by Gasteiger charge is -2.04. The topological polar surface area (TPSA) is 37.3 Å². The molecule has 0 radical (unpaired) electrons. The van der Waals surface area contributed by atoms with Crippen molar-refractivity contribution >= 4 is 6.21 Å². The van der Waals surface area contributed by atoms with Crippen LogP contribution >= 0.6 is 0 Å². The fourth-order valence-electron chi connectivity index (χ4n) is 0.780. The maximum atomic E-state index is 12.1. The second-order valence-electron chi connectivity index (χ2n) is 2.45. The van der Waals surface area contributed by atoms with E-state index in [-0.39, 0.29) is 0 Å². The Labute approximate surface area is 78.7 Å². The molecule has 1 aromatic rings. The minimum atomic E-state index is -4.34. The summed E-state index contributed by atoms with van der Waals surface area (Å²) in [5, 5.41) is 3.62. The molecule has 1 heterocycles. The third-order valence-corrected chi connectivity index (χ3v) is 1.44. The molecule has 0 unspecified atom stereocenters. The maximum absolute atomic E-state index is 12.1. The molecule has 0 aliphatic carbocycles. The van der Waals surface area contributed by atoms with Gasteiger partial charge in [0.1, 0.15) is 0 Å². The van der Waals surface area contributed by atoms with E-state index in [1.807, 2.05) is 0 Å². The Kier molecular flexibility index (Phi) is 3.06. The number of nitrogens with zero attached hydrogens (tertiary/aromatic N) is 2. The van der Waals surface area contributed by atoms with Crippen molar-refractivity contribution in [3.8, 4) is 0 Å². The molecule has 0 amide bonds. The van der Waals surface area contributed by atoms with E-state index in [4.69, 9.17) is 0 Å². The highest BCUT2D eigenvalue weighted by atomic mass is 19.4. The Morgan fingerprint density at radius 3 is 2.57 bits per heavy atom. The highest BCUT2D eigenvalue weighted by Gasteiger charge is 2.30. The van der Waals surface area contributed by atoms with Gasteiger partial charge >= 0.3 is 6.18 Å². The lowest BCUT2D eigenvalue weighted by Crippen LogP contribution is -2.06. The van der Waals surface area contributed by atoms with Crippen molar-refractivity contribution in [2.24, 2.45) is 5.10 Å². The quantitative estimate of drug-likeness (QED) is 0.586. The third-order valence-electron chi connectivity index (χ3n) is 1.44. The first-order valence-electron chi connectivity index (χ1n) is 3.77. The van der Waals surface area contributed by atoms with E-state index >= 15 is 0 Å². The Bertz CT molecular complexity index is 316. The molecule has 0 atom stereocenters. The second-order valence-corrected chi connectivity index (χ2v) is 2.45. The predicted molar refractivity (Wildman–Crippen MR) is 45.9 cm³/mol. The summed E-state index contributed by atoms with van der Waals surface area (Å²) in [7, 11) is 1.58. The molecule has 0 aromatic carbocycles. The molecule has 0 spiro atoms. The number of hydrogen-bond acceptors (Lipinski definition) is 3. The summed E-state index contributed by atoms with van der Waals surface area (Å²) < 4.78 is 36.3. The van der Waals surface area contributed by atoms with Crippen LogP contribution in [0.4, 0.5) is 13.2 Å². The molecule has 76 valence electrons. The highest BCUT2D eigenvalue weighted by Crippen LogP contribution is 2.28. The van der Waals surface area contributed by atoms with Gasteiger partial charge in [-0.05, 0) is 12.1 Å². The highest BCUT2D eigenvalue weighted by molar-refractivity contribution is 5.76. The van der Waals surface area contributed by atoms with Gasteiger partial charge in [0, 0.05) is 13.2 Å². The summed E-state index contributed by atoms with van der Waals surface area (Å²) in [5.41, 5.74) is 2.07. The van der Waals surface area contributed by atoms with Gasteiger partial charge in [0.05, 0.1) is 17.5 Å². The number of hydrazone groups is 1. The number of halogens is 3. The van der Waals surface area contributed by atoms with Crippen LogP contribution in [0.5, 0.6) is 0 Å². The Balaban J connectivity index is 2.84. The first-order chi connectivity index (χ1) is 6.54. The van der Waals surface area contributed by atoms with E-state index in [0.717, 1.165) is 12.3 Å². The van der Waals surface area contributed by atoms with E-state index in [0.29, 0.717) is 5.69 Å². The van der Waals surface area contributed by atoms with Gasteiger partial charge in [0.2, 0.25) is 0 Å². The lowest BCUT2D eigenvalue weighted by molar-refractivity contribution is -0.137. The third kappa shape index (κ3) is 2.72. The zero-order valence-corrected chi connectivity index (χ0v) is 7.34. The molecule has 1 N–H and O–H groups in total. The van der Waals surface area contributed by atoms with Gasteiger partial charge in [0.15, 0.2) is 0 Å². The second kappa shape index (κ2) is 4.08. The number of pyridine rings is 1. The van der Waals surface area contributed by atoms with E-state index < -0.39 is 11.7 Å². The average Bonchev–Trinajstić information content (AvgIpc) is 2.14. The molecule has 1 rings (SSSR count). The molecule has 0 saturated carbocycles. The summed E-state index contributed by atoms with van der Waals surface area (Å²) >= 11 is 0. The normalized spacial score (nSPS) is 12.0. The first kappa shape index (κ1) is 10.5. The Morgan fingerprint density at radius 1 is 1.43 bits per heavy atom. The van der Waals surface area contributed by atoms with Crippen LogP contribution in [0.25, 0.3) is 0 Å². The lowest BCUT2D eigenvalue weighted by atomic mass is 10.2. The van der Waals surface area contributed by atoms with Crippen LogP contribution in [0.15, 0.2) is 23.4 Å². The zero-order chi connectivity index (χ0) is 10.6. The van der Waals surface area contributed by atoms with Crippen LogP contribution in [0.1, 0.15) is 11.3 Å². The smallest absolute Gasteiger partial charge is 0.313 e. The number of aromatic nitrogens is 1. The van der Waals surface area contributed by atoms with E-state index in [1.54, 1.807) is 7.05 Å². The van der Waals surface area contributed by atoms with Gasteiger partial charge in [-0.2, -0.15) is 18.3 Å². The van der Waals surface area contributed by atoms with Gasteiger partial charge in [-0.3, -0.25) is 4.98 Å². The minimum absolute atomic E-state index is 0.368. The molecule has 0 aliphatic heterocycles. The summed E-state index contributed by atoms with van der Waals surface area (Å²) in [4.78, 5) is 3.57. The van der Waals surface area contributed by atoms with Crippen LogP contribution in [0.3, 0.4) is 0 Å². The van der Waals surface area contributed by atoms with Crippen molar-refractivity contribution in [2.75, 3.05) is 7.05 Å². The van der Waals surface area contributed by atoms with Crippen molar-refractivity contribution in [3.63, 3.8) is 0 Å². The average molecular weight is 203 g/mol. The largest absolute Gasteiger partial charge is 0.417 e. The molecule has 3 nitrogen and oxygen atoms in total. The van der Waals surface area contributed by atoms with E-state index in [9.17, 15) is 13.2 Å². The standard InChI is InChI=1S/C8H8F3N3/c1-12-14-5-7-3-2-6(4-13-7)8(9,10)11/h2-5,12H,1H3. The van der Waals surface area contributed by atoms with Crippen LogP contribution < -0.4 is 5.43 Å². The van der Waals surface area contributed by atoms with Gasteiger partial charge in [-0.25, -0.2) is 0 Å². The van der Waals surface area contributed by atoms with Gasteiger partial charge in [-0.1, -0.05) is 0 Å². The molecule has 6 heteroatoms. The maximum Gasteiger partial charge on any atom is 0.417 e. The van der Waals surface area contributed by atoms with Gasteiger partial charge in [0.25, 0.3) is 0 Å². The number of nitrogens with one attached hydrogen (secondary N) is 1. The molecule has 0 fully saturated rings. The summed E-state index contributed by atoms with van der Waals surface area (Å²) in [5.74, 6) is 0. The molecular weight excluding hydrogens is 195 g/mol. The van der Waals surface area contributed by atoms with E-state index in [2.05, 4.69) is 15.5 Å². The molecule has 0 aliphatic rings. The summed E-state index contributed by atoms with van der Waals surface area (Å²) in [6, 6.07) is 2.22. The Morgan fingerprint density at radius 2 is 2.14 bits per heavy atom. The zero-order valence-electron chi connectivity index (χ0n) is 7.34. The minimum Gasteiger partial charge on any atom is -0.313 e. The summed E-state index contributed by atoms with van der Waals surface area (Å²) in [6.07, 6.45) is -2.23. The predicted octanol–water partition coefficient (Wildman–Crippen LogP) is 1.65. The number of alkyl halides is 3. The molecular formula is C8H8F3N3. The van der Waals surface area contributed by atoms with Crippen molar-refractivity contribution < 1.29 is 13.2 Å². The fourth-order valence-corrected chi connectivity index (χ4v) is 0.780.